The summed E-state index contributed by atoms with van der Waals surface area (Å²) in [6.45, 7) is 6.71. The zero-order chi connectivity index (χ0) is 14.3. The quantitative estimate of drug-likeness (QED) is 0.897. The molecule has 0 unspecified atom stereocenters. The van der Waals surface area contributed by atoms with Crippen LogP contribution in [0, 0.1) is 5.92 Å². The molecule has 112 valence electrons. The van der Waals surface area contributed by atoms with Crippen LogP contribution in [0.25, 0.3) is 0 Å². The van der Waals surface area contributed by atoms with Gasteiger partial charge in [-0.3, -0.25) is 0 Å². The summed E-state index contributed by atoms with van der Waals surface area (Å²) in [7, 11) is 0. The SMILES string of the molecule is CC(C)(C)n1c(C2CC2)nc(CC2CCCCC2)c1N. The average Bonchev–Trinajstić information content (AvgIpc) is 3.16. The van der Waals surface area contributed by atoms with Crippen LogP contribution in [0.15, 0.2) is 0 Å². The lowest BCUT2D eigenvalue weighted by atomic mass is 9.86. The molecule has 0 spiro atoms. The van der Waals surface area contributed by atoms with E-state index in [1.165, 1.54) is 56.5 Å². The summed E-state index contributed by atoms with van der Waals surface area (Å²) in [6, 6.07) is 0. The van der Waals surface area contributed by atoms with Crippen molar-refractivity contribution in [2.24, 2.45) is 5.92 Å². The van der Waals surface area contributed by atoms with E-state index in [0.717, 1.165) is 18.2 Å². The molecule has 2 aliphatic carbocycles. The summed E-state index contributed by atoms with van der Waals surface area (Å²) in [5.74, 6) is 3.66. The first-order valence-corrected chi connectivity index (χ1v) is 8.34. The highest BCUT2D eigenvalue weighted by atomic mass is 15.2. The number of nitrogens with two attached hydrogens (primary N) is 1. The third-order valence-electron chi connectivity index (χ3n) is 4.84. The summed E-state index contributed by atoms with van der Waals surface area (Å²) in [5, 5.41) is 0. The normalized spacial score (nSPS) is 21.4. The van der Waals surface area contributed by atoms with E-state index in [1.54, 1.807) is 0 Å². The molecule has 3 rings (SSSR count). The summed E-state index contributed by atoms with van der Waals surface area (Å²) < 4.78 is 2.31. The Morgan fingerprint density at radius 3 is 2.30 bits per heavy atom. The molecule has 0 atom stereocenters. The number of nitrogen functional groups attached to an aromatic ring is 1. The van der Waals surface area contributed by atoms with Crippen LogP contribution in [-0.2, 0) is 12.0 Å². The number of hydrogen-bond donors (Lipinski definition) is 1. The number of rotatable bonds is 3. The lowest BCUT2D eigenvalue weighted by molar-refractivity contribution is 0.354. The third kappa shape index (κ3) is 2.72. The Hall–Kier alpha value is -0.990. The van der Waals surface area contributed by atoms with Gasteiger partial charge in [-0.1, -0.05) is 32.1 Å². The number of aromatic nitrogens is 2. The van der Waals surface area contributed by atoms with E-state index < -0.39 is 0 Å². The van der Waals surface area contributed by atoms with Crippen LogP contribution in [0.2, 0.25) is 0 Å². The first-order chi connectivity index (χ1) is 9.47. The van der Waals surface area contributed by atoms with Crippen LogP contribution < -0.4 is 5.73 Å². The molecule has 0 saturated heterocycles. The van der Waals surface area contributed by atoms with Gasteiger partial charge in [0.15, 0.2) is 0 Å². The molecule has 0 aromatic carbocycles. The fraction of sp³-hybridized carbons (Fsp3) is 0.824. The van der Waals surface area contributed by atoms with E-state index in [4.69, 9.17) is 10.7 Å². The maximum atomic E-state index is 6.47. The predicted molar refractivity (Wildman–Crippen MR) is 83.9 cm³/mol. The minimum atomic E-state index is 0.0415. The van der Waals surface area contributed by atoms with Crippen molar-refractivity contribution in [3.63, 3.8) is 0 Å². The predicted octanol–water partition coefficient (Wildman–Crippen LogP) is 4.22. The fourth-order valence-corrected chi connectivity index (χ4v) is 3.63. The monoisotopic (exact) mass is 275 g/mol. The first-order valence-electron chi connectivity index (χ1n) is 8.34. The molecule has 2 fully saturated rings. The van der Waals surface area contributed by atoms with Crippen LogP contribution in [0.1, 0.15) is 83.2 Å². The minimum absolute atomic E-state index is 0.0415. The second kappa shape index (κ2) is 5.09. The van der Waals surface area contributed by atoms with Gasteiger partial charge in [-0.25, -0.2) is 4.98 Å². The Kier molecular flexibility index (Phi) is 3.55. The second-order valence-electron chi connectivity index (χ2n) is 7.79. The van der Waals surface area contributed by atoms with Gasteiger partial charge >= 0.3 is 0 Å². The van der Waals surface area contributed by atoms with Crippen LogP contribution in [0.3, 0.4) is 0 Å². The molecule has 0 bridgehead atoms. The molecule has 2 N–H and O–H groups in total. The second-order valence-corrected chi connectivity index (χ2v) is 7.79. The van der Waals surface area contributed by atoms with E-state index >= 15 is 0 Å². The van der Waals surface area contributed by atoms with E-state index in [0.29, 0.717) is 5.92 Å². The number of imidazole rings is 1. The van der Waals surface area contributed by atoms with E-state index in [1.807, 2.05) is 0 Å². The van der Waals surface area contributed by atoms with E-state index in [2.05, 4.69) is 25.3 Å². The molecule has 0 amide bonds. The average molecular weight is 275 g/mol. The van der Waals surface area contributed by atoms with Gasteiger partial charge < -0.3 is 10.3 Å². The van der Waals surface area contributed by atoms with Crippen molar-refractivity contribution in [1.82, 2.24) is 9.55 Å². The molecule has 2 aliphatic rings. The Bertz CT molecular complexity index is 471. The summed E-state index contributed by atoms with van der Waals surface area (Å²) >= 11 is 0. The van der Waals surface area contributed by atoms with Crippen molar-refractivity contribution in [2.45, 2.75) is 83.6 Å². The molecule has 1 aromatic rings. The number of hydrogen-bond acceptors (Lipinski definition) is 2. The number of anilines is 1. The lowest BCUT2D eigenvalue weighted by Gasteiger charge is -2.25. The van der Waals surface area contributed by atoms with Crippen molar-refractivity contribution in [3.05, 3.63) is 11.5 Å². The van der Waals surface area contributed by atoms with Crippen LogP contribution in [0.4, 0.5) is 5.82 Å². The standard InChI is InChI=1S/C17H29N3/c1-17(2,3)20-15(18)14(19-16(20)13-9-10-13)11-12-7-5-4-6-8-12/h12-13H,4-11,18H2,1-3H3. The Balaban J connectivity index is 1.87. The van der Waals surface area contributed by atoms with E-state index in [9.17, 15) is 0 Å². The van der Waals surface area contributed by atoms with Crippen LogP contribution >= 0.6 is 0 Å². The van der Waals surface area contributed by atoms with Gasteiger partial charge in [0.25, 0.3) is 0 Å². The van der Waals surface area contributed by atoms with Gasteiger partial charge in [0.2, 0.25) is 0 Å². The van der Waals surface area contributed by atoms with Crippen molar-refractivity contribution in [1.29, 1.82) is 0 Å². The fourth-order valence-electron chi connectivity index (χ4n) is 3.63. The molecular weight excluding hydrogens is 246 g/mol. The van der Waals surface area contributed by atoms with Gasteiger partial charge in [0.1, 0.15) is 11.6 Å². The molecule has 2 saturated carbocycles. The highest BCUT2D eigenvalue weighted by Crippen LogP contribution is 2.43. The smallest absolute Gasteiger partial charge is 0.127 e. The largest absolute Gasteiger partial charge is 0.384 e. The van der Waals surface area contributed by atoms with Gasteiger partial charge in [-0.2, -0.15) is 0 Å². The van der Waals surface area contributed by atoms with Gasteiger partial charge in [-0.05, 0) is 46.0 Å². The van der Waals surface area contributed by atoms with Crippen LogP contribution in [0.5, 0.6) is 0 Å². The molecule has 3 nitrogen and oxygen atoms in total. The Labute approximate surface area is 123 Å². The Morgan fingerprint density at radius 2 is 1.75 bits per heavy atom. The minimum Gasteiger partial charge on any atom is -0.384 e. The summed E-state index contributed by atoms with van der Waals surface area (Å²) in [4.78, 5) is 4.97. The van der Waals surface area contributed by atoms with Crippen molar-refractivity contribution in [3.8, 4) is 0 Å². The van der Waals surface area contributed by atoms with Crippen molar-refractivity contribution in [2.75, 3.05) is 5.73 Å². The first kappa shape index (κ1) is 14.0. The van der Waals surface area contributed by atoms with Crippen molar-refractivity contribution >= 4 is 5.82 Å². The third-order valence-corrected chi connectivity index (χ3v) is 4.84. The van der Waals surface area contributed by atoms with Gasteiger partial charge in [-0.15, -0.1) is 0 Å². The zero-order valence-electron chi connectivity index (χ0n) is 13.3. The van der Waals surface area contributed by atoms with Gasteiger partial charge in [0.05, 0.1) is 5.69 Å². The molecule has 1 aromatic heterocycles. The highest BCUT2D eigenvalue weighted by Gasteiger charge is 2.34. The highest BCUT2D eigenvalue weighted by molar-refractivity contribution is 5.41. The molecule has 20 heavy (non-hydrogen) atoms. The molecular formula is C17H29N3. The van der Waals surface area contributed by atoms with Crippen LogP contribution in [-0.4, -0.2) is 9.55 Å². The molecule has 3 heteroatoms. The zero-order valence-corrected chi connectivity index (χ0v) is 13.3. The molecule has 0 aliphatic heterocycles. The maximum absolute atomic E-state index is 6.47. The molecule has 0 radical (unpaired) electrons. The Morgan fingerprint density at radius 1 is 1.10 bits per heavy atom. The van der Waals surface area contributed by atoms with Gasteiger partial charge in [0, 0.05) is 11.5 Å². The lowest BCUT2D eigenvalue weighted by Crippen LogP contribution is -2.25. The topological polar surface area (TPSA) is 43.8 Å². The number of nitrogens with zero attached hydrogens (tertiary/aromatic N) is 2. The summed E-state index contributed by atoms with van der Waals surface area (Å²) in [6.07, 6.45) is 10.6. The van der Waals surface area contributed by atoms with E-state index in [-0.39, 0.29) is 5.54 Å². The van der Waals surface area contributed by atoms with Crippen molar-refractivity contribution < 1.29 is 0 Å². The molecule has 1 heterocycles. The maximum Gasteiger partial charge on any atom is 0.127 e. The summed E-state index contributed by atoms with van der Waals surface area (Å²) in [5.41, 5.74) is 7.69.